The Bertz CT molecular complexity index is 1740. The number of aryl methyl sites for hydroxylation is 6. The number of nitrogens with zero attached hydrogens (tertiary/aromatic N) is 2. The molecule has 0 atom stereocenters. The molecule has 2 nitrogen and oxygen atoms in total. The zero-order chi connectivity index (χ0) is 30.0. The molecule has 2 heterocycles. The lowest BCUT2D eigenvalue weighted by atomic mass is 9.33. The third-order valence-electron chi connectivity index (χ3n) is 9.00. The van der Waals surface area contributed by atoms with Crippen molar-refractivity contribution < 1.29 is 0 Å². The average molecular weight is 581 g/mol. The first kappa shape index (κ1) is 27.9. The summed E-state index contributed by atoms with van der Waals surface area (Å²) in [5.41, 5.74) is 19.1. The van der Waals surface area contributed by atoms with Gasteiger partial charge in [0, 0.05) is 39.1 Å². The van der Waals surface area contributed by atoms with Gasteiger partial charge in [0.05, 0.1) is 0 Å². The predicted octanol–water partition coefficient (Wildman–Crippen LogP) is 9.31. The van der Waals surface area contributed by atoms with Crippen LogP contribution in [-0.4, -0.2) is 6.71 Å². The highest BCUT2D eigenvalue weighted by molar-refractivity contribution is 7.00. The second-order valence-electron chi connectivity index (χ2n) is 12.7. The van der Waals surface area contributed by atoms with Gasteiger partial charge in [-0.15, -0.1) is 0 Å². The highest BCUT2D eigenvalue weighted by Crippen LogP contribution is 2.45. The number of hydrogen-bond donors (Lipinski definition) is 0. The van der Waals surface area contributed by atoms with Gasteiger partial charge in [0.15, 0.2) is 0 Å². The van der Waals surface area contributed by atoms with Gasteiger partial charge in [0.1, 0.15) is 0 Å². The predicted molar refractivity (Wildman–Crippen MR) is 188 cm³/mol. The smallest absolute Gasteiger partial charge is 0.252 e. The van der Waals surface area contributed by atoms with Crippen molar-refractivity contribution in [3.05, 3.63) is 123 Å². The van der Waals surface area contributed by atoms with Crippen LogP contribution in [0, 0.1) is 34.6 Å². The molecule has 5 aromatic rings. The van der Waals surface area contributed by atoms with Crippen molar-refractivity contribution in [2.45, 2.75) is 60.8 Å². The van der Waals surface area contributed by atoms with Crippen molar-refractivity contribution in [3.63, 3.8) is 0 Å². The van der Waals surface area contributed by atoms with Crippen molar-refractivity contribution in [2.75, 3.05) is 9.80 Å². The Morgan fingerprint density at radius 1 is 0.558 bits per heavy atom. The number of anilines is 6. The van der Waals surface area contributed by atoms with E-state index in [2.05, 4.69) is 136 Å². The fourth-order valence-electron chi connectivity index (χ4n) is 7.37. The normalized spacial score (nSPS) is 13.1. The SMILES string of the molecule is CCCCc1cc2c3c(c1)N(c1cc(C)cc(C)c1)c1cc(Cl)ccc1B3c1ccc(C)cc1N2c1cc(C)cc(C)c1. The largest absolute Gasteiger partial charge is 0.311 e. The summed E-state index contributed by atoms with van der Waals surface area (Å²) in [5, 5.41) is 0.760. The van der Waals surface area contributed by atoms with E-state index in [4.69, 9.17) is 11.6 Å². The van der Waals surface area contributed by atoms with Crippen LogP contribution >= 0.6 is 11.6 Å². The second kappa shape index (κ2) is 10.6. The molecule has 0 fully saturated rings. The highest BCUT2D eigenvalue weighted by atomic mass is 35.5. The first-order chi connectivity index (χ1) is 20.7. The molecule has 214 valence electrons. The van der Waals surface area contributed by atoms with Crippen LogP contribution in [0.2, 0.25) is 5.02 Å². The maximum absolute atomic E-state index is 6.77. The van der Waals surface area contributed by atoms with Gasteiger partial charge in [-0.2, -0.15) is 0 Å². The Kier molecular flexibility index (Phi) is 6.90. The first-order valence-corrected chi connectivity index (χ1v) is 15.9. The van der Waals surface area contributed by atoms with Crippen molar-refractivity contribution in [2.24, 2.45) is 0 Å². The van der Waals surface area contributed by atoms with E-state index < -0.39 is 0 Å². The number of hydrogen-bond acceptors (Lipinski definition) is 2. The van der Waals surface area contributed by atoms with Crippen LogP contribution in [0.1, 0.15) is 53.1 Å². The van der Waals surface area contributed by atoms with Gasteiger partial charge < -0.3 is 9.80 Å². The molecular weight excluding hydrogens is 543 g/mol. The fourth-order valence-corrected chi connectivity index (χ4v) is 7.54. The lowest BCUT2D eigenvalue weighted by Crippen LogP contribution is -2.61. The number of fused-ring (bicyclic) bond motifs is 4. The van der Waals surface area contributed by atoms with E-state index in [9.17, 15) is 0 Å². The molecule has 0 spiro atoms. The van der Waals surface area contributed by atoms with Gasteiger partial charge in [-0.05, 0) is 152 Å². The van der Waals surface area contributed by atoms with E-state index in [1.807, 2.05) is 0 Å². The summed E-state index contributed by atoms with van der Waals surface area (Å²) in [5.74, 6) is 0. The highest BCUT2D eigenvalue weighted by Gasteiger charge is 2.43. The maximum Gasteiger partial charge on any atom is 0.252 e. The molecule has 0 radical (unpaired) electrons. The van der Waals surface area contributed by atoms with Crippen LogP contribution < -0.4 is 26.2 Å². The monoisotopic (exact) mass is 580 g/mol. The molecule has 0 unspecified atom stereocenters. The molecule has 0 bridgehead atoms. The van der Waals surface area contributed by atoms with E-state index >= 15 is 0 Å². The second-order valence-corrected chi connectivity index (χ2v) is 13.1. The van der Waals surface area contributed by atoms with Gasteiger partial charge in [0.2, 0.25) is 0 Å². The third kappa shape index (κ3) is 4.75. The summed E-state index contributed by atoms with van der Waals surface area (Å²) < 4.78 is 0. The summed E-state index contributed by atoms with van der Waals surface area (Å²) in [4.78, 5) is 5.01. The molecule has 0 saturated carbocycles. The van der Waals surface area contributed by atoms with Gasteiger partial charge in [0.25, 0.3) is 6.71 Å². The van der Waals surface area contributed by atoms with E-state index in [-0.39, 0.29) is 6.71 Å². The molecule has 0 amide bonds. The minimum absolute atomic E-state index is 0.109. The Balaban J connectivity index is 1.61. The van der Waals surface area contributed by atoms with Crippen molar-refractivity contribution >= 4 is 68.8 Å². The summed E-state index contributed by atoms with van der Waals surface area (Å²) in [6.45, 7) is 13.4. The summed E-state index contributed by atoms with van der Waals surface area (Å²) >= 11 is 6.77. The molecule has 5 aromatic carbocycles. The average Bonchev–Trinajstić information content (AvgIpc) is 2.94. The van der Waals surface area contributed by atoms with E-state index in [0.29, 0.717) is 0 Å². The molecule has 2 aliphatic heterocycles. The molecule has 7 rings (SSSR count). The molecule has 0 saturated heterocycles. The van der Waals surface area contributed by atoms with Crippen LogP contribution in [-0.2, 0) is 6.42 Å². The lowest BCUT2D eigenvalue weighted by Gasteiger charge is -2.44. The number of benzene rings is 5. The van der Waals surface area contributed by atoms with Gasteiger partial charge >= 0.3 is 0 Å². The van der Waals surface area contributed by atoms with E-state index in [0.717, 1.165) is 24.3 Å². The fraction of sp³-hybridized carbons (Fsp3) is 0.231. The summed E-state index contributed by atoms with van der Waals surface area (Å²) in [6.07, 6.45) is 3.37. The van der Waals surface area contributed by atoms with Gasteiger partial charge in [-0.3, -0.25) is 0 Å². The van der Waals surface area contributed by atoms with Crippen LogP contribution in [0.4, 0.5) is 34.1 Å². The molecule has 4 heteroatoms. The topological polar surface area (TPSA) is 6.48 Å². The first-order valence-electron chi connectivity index (χ1n) is 15.6. The summed E-state index contributed by atoms with van der Waals surface area (Å²) in [6, 6.07) is 32.2. The van der Waals surface area contributed by atoms with Gasteiger partial charge in [-0.1, -0.05) is 55.3 Å². The van der Waals surface area contributed by atoms with E-state index in [1.54, 1.807) is 0 Å². The van der Waals surface area contributed by atoms with Crippen LogP contribution in [0.25, 0.3) is 0 Å². The van der Waals surface area contributed by atoms with Crippen molar-refractivity contribution in [3.8, 4) is 0 Å². The number of unbranched alkanes of at least 4 members (excludes halogenated alkanes) is 1. The van der Waals surface area contributed by atoms with Crippen molar-refractivity contribution in [1.29, 1.82) is 0 Å². The Morgan fingerprint density at radius 2 is 1.07 bits per heavy atom. The zero-order valence-electron chi connectivity index (χ0n) is 26.1. The molecule has 2 aliphatic rings. The van der Waals surface area contributed by atoms with Crippen LogP contribution in [0.3, 0.4) is 0 Å². The standard InChI is InChI=1S/C39H38BClN2/c1-7-8-9-29-21-37-39-38(22-29)43(32-18-27(5)15-28(6)19-32)36-23-30(41)11-13-34(36)40(39)33-12-10-24(2)20-35(33)42(37)31-16-25(3)14-26(4)17-31/h10-23H,7-9H2,1-6H3. The lowest BCUT2D eigenvalue weighted by molar-refractivity contribution is 0.795. The Hall–Kier alpha value is -3.95. The maximum atomic E-state index is 6.77. The molecule has 0 aliphatic carbocycles. The Labute approximate surface area is 262 Å². The molecule has 0 aromatic heterocycles. The van der Waals surface area contributed by atoms with E-state index in [1.165, 1.54) is 83.9 Å². The van der Waals surface area contributed by atoms with Crippen LogP contribution in [0.15, 0.2) is 84.9 Å². The minimum atomic E-state index is 0.109. The quantitative estimate of drug-likeness (QED) is 0.187. The minimum Gasteiger partial charge on any atom is -0.311 e. The number of rotatable bonds is 5. The summed E-state index contributed by atoms with van der Waals surface area (Å²) in [7, 11) is 0. The molecular formula is C39H38BClN2. The van der Waals surface area contributed by atoms with Crippen LogP contribution in [0.5, 0.6) is 0 Å². The van der Waals surface area contributed by atoms with Gasteiger partial charge in [-0.25, -0.2) is 0 Å². The Morgan fingerprint density at radius 3 is 1.60 bits per heavy atom. The third-order valence-corrected chi connectivity index (χ3v) is 9.23. The zero-order valence-corrected chi connectivity index (χ0v) is 26.8. The molecule has 43 heavy (non-hydrogen) atoms. The molecule has 0 N–H and O–H groups in total. The van der Waals surface area contributed by atoms with Crippen molar-refractivity contribution in [1.82, 2.24) is 0 Å². The number of halogens is 1.